The van der Waals surface area contributed by atoms with Gasteiger partial charge in [0, 0.05) is 24.7 Å². The van der Waals surface area contributed by atoms with Crippen molar-refractivity contribution >= 4 is 23.5 Å². The molecule has 7 nitrogen and oxygen atoms in total. The molecule has 1 fully saturated rings. The highest BCUT2D eigenvalue weighted by Crippen LogP contribution is 2.19. The molecule has 0 aromatic heterocycles. The van der Waals surface area contributed by atoms with Gasteiger partial charge in [-0.2, -0.15) is 0 Å². The molecule has 1 atom stereocenters. The Hall–Kier alpha value is -2.57. The van der Waals surface area contributed by atoms with E-state index in [1.165, 1.54) is 0 Å². The van der Waals surface area contributed by atoms with Crippen LogP contribution in [0.15, 0.2) is 30.3 Å². The maximum atomic E-state index is 12.8. The molecule has 136 valence electrons. The molecule has 0 saturated carbocycles. The van der Waals surface area contributed by atoms with E-state index in [1.54, 1.807) is 17.0 Å². The number of nitrogens with two attached hydrogens (primary N) is 1. The van der Waals surface area contributed by atoms with Crippen LogP contribution in [0.5, 0.6) is 0 Å². The number of likely N-dealkylation sites (tertiary alicyclic amines) is 1. The fraction of sp³-hybridized carbons (Fsp3) is 0.500. The topological polar surface area (TPSA) is 105 Å². The molecule has 4 N–H and O–H groups in total. The van der Waals surface area contributed by atoms with E-state index in [4.69, 9.17) is 5.73 Å². The molecule has 0 spiro atoms. The molecule has 4 amide bonds. The summed E-state index contributed by atoms with van der Waals surface area (Å²) in [6.07, 6.45) is 1.14. The molecule has 0 aliphatic carbocycles. The quantitative estimate of drug-likeness (QED) is 0.753. The van der Waals surface area contributed by atoms with Crippen LogP contribution in [0.1, 0.15) is 26.7 Å². The largest absolute Gasteiger partial charge is 0.369 e. The zero-order valence-electron chi connectivity index (χ0n) is 14.7. The molecule has 1 saturated heterocycles. The van der Waals surface area contributed by atoms with Crippen molar-refractivity contribution < 1.29 is 14.4 Å². The van der Waals surface area contributed by atoms with Gasteiger partial charge in [-0.25, -0.2) is 4.79 Å². The Labute approximate surface area is 147 Å². The molecule has 1 aromatic carbocycles. The number of piperidine rings is 1. The maximum absolute atomic E-state index is 12.8. The van der Waals surface area contributed by atoms with Gasteiger partial charge in [-0.05, 0) is 30.9 Å². The Bertz CT molecular complexity index is 610. The van der Waals surface area contributed by atoms with E-state index in [2.05, 4.69) is 10.6 Å². The Kier molecular flexibility index (Phi) is 6.38. The van der Waals surface area contributed by atoms with Gasteiger partial charge >= 0.3 is 6.03 Å². The number of hydrogen-bond donors (Lipinski definition) is 3. The normalized spacial score (nSPS) is 16.4. The fourth-order valence-electron chi connectivity index (χ4n) is 2.92. The lowest BCUT2D eigenvalue weighted by Crippen LogP contribution is -2.54. The molecule has 0 radical (unpaired) electrons. The van der Waals surface area contributed by atoms with Crippen molar-refractivity contribution in [1.82, 2.24) is 10.2 Å². The third-order valence-electron chi connectivity index (χ3n) is 4.46. The summed E-state index contributed by atoms with van der Waals surface area (Å²) in [4.78, 5) is 37.9. The van der Waals surface area contributed by atoms with Crippen molar-refractivity contribution in [3.8, 4) is 0 Å². The van der Waals surface area contributed by atoms with E-state index in [-0.39, 0.29) is 23.7 Å². The van der Waals surface area contributed by atoms with E-state index in [1.807, 2.05) is 32.0 Å². The number of primary amides is 1. The summed E-state index contributed by atoms with van der Waals surface area (Å²) >= 11 is 0. The van der Waals surface area contributed by atoms with Gasteiger partial charge in [0.2, 0.25) is 11.8 Å². The minimum absolute atomic E-state index is 0.0529. The first-order valence-corrected chi connectivity index (χ1v) is 8.59. The van der Waals surface area contributed by atoms with Gasteiger partial charge in [0.05, 0.1) is 0 Å². The van der Waals surface area contributed by atoms with Gasteiger partial charge in [0.1, 0.15) is 6.04 Å². The summed E-state index contributed by atoms with van der Waals surface area (Å²) in [6.45, 7) is 4.75. The standard InChI is InChI=1S/C18H26N4O3/c1-12(2)15(21-18(25)20-14-6-4-3-5-7-14)17(24)22-10-8-13(9-11-22)16(19)23/h3-7,12-13,15H,8-11H2,1-2H3,(H2,19,23)(H2,20,21,25)/t15-/m1/s1. The van der Waals surface area contributed by atoms with Crippen LogP contribution in [-0.2, 0) is 9.59 Å². The van der Waals surface area contributed by atoms with E-state index >= 15 is 0 Å². The molecule has 2 rings (SSSR count). The summed E-state index contributed by atoms with van der Waals surface area (Å²) in [5.41, 5.74) is 5.99. The number of urea groups is 1. The monoisotopic (exact) mass is 346 g/mol. The summed E-state index contributed by atoms with van der Waals surface area (Å²) in [6, 6.07) is 8.03. The van der Waals surface area contributed by atoms with E-state index in [9.17, 15) is 14.4 Å². The summed E-state index contributed by atoms with van der Waals surface area (Å²) in [7, 11) is 0. The van der Waals surface area contributed by atoms with Gasteiger partial charge in [-0.1, -0.05) is 32.0 Å². The number of para-hydroxylation sites is 1. The molecule has 1 aliphatic heterocycles. The third-order valence-corrected chi connectivity index (χ3v) is 4.46. The second-order valence-electron chi connectivity index (χ2n) is 6.69. The predicted octanol–water partition coefficient (Wildman–Crippen LogP) is 1.56. The van der Waals surface area contributed by atoms with E-state index in [0.717, 1.165) is 0 Å². The van der Waals surface area contributed by atoms with Gasteiger partial charge in [-0.3, -0.25) is 9.59 Å². The predicted molar refractivity (Wildman–Crippen MR) is 95.7 cm³/mol. The molecule has 0 bridgehead atoms. The van der Waals surface area contributed by atoms with Crippen LogP contribution in [0.25, 0.3) is 0 Å². The van der Waals surface area contributed by atoms with E-state index < -0.39 is 12.1 Å². The number of hydrogen-bond acceptors (Lipinski definition) is 3. The van der Waals surface area contributed by atoms with Gasteiger partial charge in [0.15, 0.2) is 0 Å². The fourth-order valence-corrected chi connectivity index (χ4v) is 2.92. The van der Waals surface area contributed by atoms with Crippen LogP contribution < -0.4 is 16.4 Å². The molecule has 7 heteroatoms. The van der Waals surface area contributed by atoms with Crippen molar-refractivity contribution in [3.63, 3.8) is 0 Å². The number of carbonyl (C=O) groups excluding carboxylic acids is 3. The van der Waals surface area contributed by atoms with Crippen molar-refractivity contribution in [2.45, 2.75) is 32.7 Å². The first kappa shape index (κ1) is 18.8. The van der Waals surface area contributed by atoms with Crippen molar-refractivity contribution in [3.05, 3.63) is 30.3 Å². The summed E-state index contributed by atoms with van der Waals surface area (Å²) in [5, 5.41) is 5.49. The smallest absolute Gasteiger partial charge is 0.319 e. The second kappa shape index (κ2) is 8.50. The highest BCUT2D eigenvalue weighted by molar-refractivity contribution is 5.93. The maximum Gasteiger partial charge on any atom is 0.319 e. The zero-order chi connectivity index (χ0) is 18.4. The minimum Gasteiger partial charge on any atom is -0.369 e. The van der Waals surface area contributed by atoms with E-state index in [0.29, 0.717) is 31.6 Å². The van der Waals surface area contributed by atoms with Crippen LogP contribution in [0.3, 0.4) is 0 Å². The Morgan fingerprint density at radius 1 is 1.12 bits per heavy atom. The van der Waals surface area contributed by atoms with Crippen LogP contribution in [0.2, 0.25) is 0 Å². The van der Waals surface area contributed by atoms with Gasteiger partial charge in [0.25, 0.3) is 0 Å². The molecular weight excluding hydrogens is 320 g/mol. The lowest BCUT2D eigenvalue weighted by atomic mass is 9.94. The molecule has 1 aromatic rings. The lowest BCUT2D eigenvalue weighted by molar-refractivity contribution is -0.137. The Balaban J connectivity index is 1.94. The highest BCUT2D eigenvalue weighted by atomic mass is 16.2. The number of benzene rings is 1. The molecule has 0 unspecified atom stereocenters. The van der Waals surface area contributed by atoms with Crippen molar-refractivity contribution in [2.24, 2.45) is 17.6 Å². The SMILES string of the molecule is CC(C)[C@@H](NC(=O)Nc1ccccc1)C(=O)N1CCC(C(N)=O)CC1. The number of rotatable bonds is 5. The number of anilines is 1. The van der Waals surface area contributed by atoms with Gasteiger partial charge < -0.3 is 21.3 Å². The van der Waals surface area contributed by atoms with Gasteiger partial charge in [-0.15, -0.1) is 0 Å². The summed E-state index contributed by atoms with van der Waals surface area (Å²) in [5.74, 6) is -0.659. The van der Waals surface area contributed by atoms with Crippen molar-refractivity contribution in [1.29, 1.82) is 0 Å². The average molecular weight is 346 g/mol. The lowest BCUT2D eigenvalue weighted by Gasteiger charge is -2.34. The van der Waals surface area contributed by atoms with Crippen molar-refractivity contribution in [2.75, 3.05) is 18.4 Å². The first-order valence-electron chi connectivity index (χ1n) is 8.59. The number of carbonyl (C=O) groups is 3. The minimum atomic E-state index is -0.617. The molecule has 1 heterocycles. The number of nitrogens with zero attached hydrogens (tertiary/aromatic N) is 1. The summed E-state index contributed by atoms with van der Waals surface area (Å²) < 4.78 is 0. The Morgan fingerprint density at radius 3 is 2.24 bits per heavy atom. The number of amides is 4. The Morgan fingerprint density at radius 2 is 1.72 bits per heavy atom. The average Bonchev–Trinajstić information content (AvgIpc) is 2.60. The van der Waals surface area contributed by atoms with Crippen LogP contribution >= 0.6 is 0 Å². The second-order valence-corrected chi connectivity index (χ2v) is 6.69. The zero-order valence-corrected chi connectivity index (χ0v) is 14.7. The molecule has 1 aliphatic rings. The van der Waals surface area contributed by atoms with Crippen LogP contribution in [-0.4, -0.2) is 41.9 Å². The van der Waals surface area contributed by atoms with Crippen LogP contribution in [0, 0.1) is 11.8 Å². The molecule has 25 heavy (non-hydrogen) atoms. The third kappa shape index (κ3) is 5.20. The number of nitrogens with one attached hydrogen (secondary N) is 2. The molecular formula is C18H26N4O3. The first-order chi connectivity index (χ1) is 11.9. The highest BCUT2D eigenvalue weighted by Gasteiger charge is 2.32. The van der Waals surface area contributed by atoms with Crippen LogP contribution in [0.4, 0.5) is 10.5 Å².